The van der Waals surface area contributed by atoms with Crippen molar-refractivity contribution in [2.45, 2.75) is 38.5 Å². The molecule has 10 nitrogen and oxygen atoms in total. The van der Waals surface area contributed by atoms with Gasteiger partial charge in [-0.1, -0.05) is 12.1 Å². The highest BCUT2D eigenvalue weighted by Crippen LogP contribution is 2.23. The van der Waals surface area contributed by atoms with Gasteiger partial charge in [0.1, 0.15) is 11.6 Å². The molecule has 0 bridgehead atoms. The number of pyridine rings is 1. The third kappa shape index (κ3) is 4.48. The van der Waals surface area contributed by atoms with E-state index in [1.54, 1.807) is 16.9 Å². The summed E-state index contributed by atoms with van der Waals surface area (Å²) < 4.78 is 25.4. The summed E-state index contributed by atoms with van der Waals surface area (Å²) in [6, 6.07) is 10.7. The number of rotatable bonds is 7. The Kier molecular flexibility index (Phi) is 6.33. The maximum absolute atomic E-state index is 12.6. The normalized spacial score (nSPS) is 13.5. The van der Waals surface area contributed by atoms with Crippen molar-refractivity contribution < 1.29 is 18.4 Å². The molecule has 0 saturated carbocycles. The standard InChI is InChI=1S/C21H25N5O5S/c1-14-22-15(2)26(23-14)18-7-5-16(6-8-18)17-9-11-25(19(27)13-17)12-10-21(3,20(28)24-29)32(4,30)31/h5-9,11,13,29H,10,12H2,1-4H3,(H,24,28)/t21-/m1/s1. The molecule has 0 fully saturated rings. The van der Waals surface area contributed by atoms with Gasteiger partial charge in [-0.25, -0.2) is 23.6 Å². The van der Waals surface area contributed by atoms with Gasteiger partial charge < -0.3 is 4.57 Å². The first kappa shape index (κ1) is 23.4. The van der Waals surface area contributed by atoms with Crippen molar-refractivity contribution in [3.8, 4) is 16.8 Å². The van der Waals surface area contributed by atoms with Crippen LogP contribution in [0, 0.1) is 13.8 Å². The number of nitrogens with zero attached hydrogens (tertiary/aromatic N) is 4. The van der Waals surface area contributed by atoms with E-state index in [9.17, 15) is 18.0 Å². The second-order valence-corrected chi connectivity index (χ2v) is 10.3. The van der Waals surface area contributed by atoms with E-state index in [0.717, 1.165) is 23.3 Å². The fraction of sp³-hybridized carbons (Fsp3) is 0.333. The lowest BCUT2D eigenvalue weighted by atomic mass is 10.1. The number of benzene rings is 1. The van der Waals surface area contributed by atoms with E-state index in [0.29, 0.717) is 11.4 Å². The van der Waals surface area contributed by atoms with Crippen molar-refractivity contribution in [2.75, 3.05) is 6.26 Å². The zero-order valence-electron chi connectivity index (χ0n) is 18.2. The van der Waals surface area contributed by atoms with Gasteiger partial charge in [-0.2, -0.15) is 5.10 Å². The summed E-state index contributed by atoms with van der Waals surface area (Å²) in [6.07, 6.45) is 2.29. The van der Waals surface area contributed by atoms with E-state index < -0.39 is 20.5 Å². The molecule has 0 aliphatic heterocycles. The highest BCUT2D eigenvalue weighted by molar-refractivity contribution is 7.92. The maximum atomic E-state index is 12.6. The molecule has 1 aromatic carbocycles. The van der Waals surface area contributed by atoms with Crippen LogP contribution in [0.4, 0.5) is 0 Å². The Morgan fingerprint density at radius 1 is 1.16 bits per heavy atom. The number of carbonyl (C=O) groups excluding carboxylic acids is 1. The monoisotopic (exact) mass is 459 g/mol. The summed E-state index contributed by atoms with van der Waals surface area (Å²) in [7, 11) is -3.84. The molecule has 0 radical (unpaired) electrons. The summed E-state index contributed by atoms with van der Waals surface area (Å²) in [5.74, 6) is 0.412. The molecule has 2 aromatic heterocycles. The number of hydrogen-bond acceptors (Lipinski definition) is 7. The molecule has 1 atom stereocenters. The molecule has 1 amide bonds. The summed E-state index contributed by atoms with van der Waals surface area (Å²) in [5, 5.41) is 13.3. The minimum absolute atomic E-state index is 0.0139. The number of carbonyl (C=O) groups is 1. The molecular weight excluding hydrogens is 434 g/mol. The van der Waals surface area contributed by atoms with Crippen LogP contribution in [0.15, 0.2) is 47.4 Å². The Bertz CT molecular complexity index is 1310. The summed E-state index contributed by atoms with van der Waals surface area (Å²) in [6.45, 7) is 4.89. The molecule has 0 aliphatic carbocycles. The van der Waals surface area contributed by atoms with E-state index in [4.69, 9.17) is 5.21 Å². The van der Waals surface area contributed by atoms with E-state index in [2.05, 4.69) is 10.1 Å². The van der Waals surface area contributed by atoms with Gasteiger partial charge in [0, 0.05) is 25.1 Å². The first-order chi connectivity index (χ1) is 15.0. The summed E-state index contributed by atoms with van der Waals surface area (Å²) in [5.41, 5.74) is 3.43. The SMILES string of the molecule is Cc1nc(C)n(-c2ccc(-c3ccn(CC[C@](C)(C(=O)NO)S(C)(=O)=O)c(=O)c3)cc2)n1. The largest absolute Gasteiger partial charge is 0.315 e. The third-order valence-corrected chi connectivity index (χ3v) is 7.57. The first-order valence-corrected chi connectivity index (χ1v) is 11.7. The molecule has 32 heavy (non-hydrogen) atoms. The number of aromatic nitrogens is 4. The lowest BCUT2D eigenvalue weighted by Crippen LogP contribution is -2.49. The zero-order chi connectivity index (χ0) is 23.7. The van der Waals surface area contributed by atoms with Crippen LogP contribution >= 0.6 is 0 Å². The van der Waals surface area contributed by atoms with Crippen LogP contribution in [-0.2, 0) is 21.2 Å². The molecule has 3 aromatic rings. The second-order valence-electron chi connectivity index (χ2n) is 7.81. The Balaban J connectivity index is 1.82. The number of amides is 1. The summed E-state index contributed by atoms with van der Waals surface area (Å²) >= 11 is 0. The molecule has 170 valence electrons. The van der Waals surface area contributed by atoms with Crippen LogP contribution in [0.3, 0.4) is 0 Å². The van der Waals surface area contributed by atoms with Crippen LogP contribution < -0.4 is 11.0 Å². The van der Waals surface area contributed by atoms with Gasteiger partial charge in [0.05, 0.1) is 5.69 Å². The minimum atomic E-state index is -3.84. The number of nitrogens with one attached hydrogen (secondary N) is 1. The summed E-state index contributed by atoms with van der Waals surface area (Å²) in [4.78, 5) is 28.8. The van der Waals surface area contributed by atoms with E-state index >= 15 is 0 Å². The first-order valence-electron chi connectivity index (χ1n) is 9.82. The number of hydrogen-bond donors (Lipinski definition) is 2. The molecule has 2 N–H and O–H groups in total. The van der Waals surface area contributed by atoms with Crippen molar-refractivity contribution in [1.29, 1.82) is 0 Å². The van der Waals surface area contributed by atoms with E-state index in [1.165, 1.54) is 23.0 Å². The van der Waals surface area contributed by atoms with E-state index in [1.807, 2.05) is 38.1 Å². The molecule has 0 aliphatic rings. The van der Waals surface area contributed by atoms with Gasteiger partial charge >= 0.3 is 0 Å². The molecule has 0 spiro atoms. The van der Waals surface area contributed by atoms with Crippen LogP contribution in [0.1, 0.15) is 25.0 Å². The van der Waals surface area contributed by atoms with Crippen molar-refractivity contribution >= 4 is 15.7 Å². The number of sulfone groups is 1. The average molecular weight is 460 g/mol. The van der Waals surface area contributed by atoms with Crippen molar-refractivity contribution in [3.63, 3.8) is 0 Å². The quantitative estimate of drug-likeness (QED) is 0.403. The zero-order valence-corrected chi connectivity index (χ0v) is 19.0. The molecule has 0 unspecified atom stereocenters. The van der Waals surface area contributed by atoms with Gasteiger partial charge in [0.15, 0.2) is 14.6 Å². The predicted octanol–water partition coefficient (Wildman–Crippen LogP) is 1.41. The Morgan fingerprint density at radius 3 is 2.31 bits per heavy atom. The fourth-order valence-corrected chi connectivity index (χ4v) is 4.20. The smallest absolute Gasteiger partial charge is 0.264 e. The lowest BCUT2D eigenvalue weighted by Gasteiger charge is -2.25. The van der Waals surface area contributed by atoms with Crippen molar-refractivity contribution in [1.82, 2.24) is 24.8 Å². The Labute approximate surface area is 185 Å². The molecule has 2 heterocycles. The Hall–Kier alpha value is -3.31. The molecule has 3 rings (SSSR count). The van der Waals surface area contributed by atoms with Crippen molar-refractivity contribution in [2.24, 2.45) is 0 Å². The maximum Gasteiger partial charge on any atom is 0.264 e. The van der Waals surface area contributed by atoms with Gasteiger partial charge in [-0.05, 0) is 56.5 Å². The average Bonchev–Trinajstić information content (AvgIpc) is 3.09. The van der Waals surface area contributed by atoms with Gasteiger partial charge in [-0.3, -0.25) is 14.8 Å². The van der Waals surface area contributed by atoms with E-state index in [-0.39, 0.29) is 18.5 Å². The third-order valence-electron chi connectivity index (χ3n) is 5.55. The predicted molar refractivity (Wildman–Crippen MR) is 118 cm³/mol. The highest BCUT2D eigenvalue weighted by Gasteiger charge is 2.43. The van der Waals surface area contributed by atoms with Gasteiger partial charge in [0.2, 0.25) is 0 Å². The van der Waals surface area contributed by atoms with Crippen LogP contribution in [0.2, 0.25) is 0 Å². The van der Waals surface area contributed by atoms with Crippen LogP contribution in [0.5, 0.6) is 0 Å². The minimum Gasteiger partial charge on any atom is -0.315 e. The van der Waals surface area contributed by atoms with Crippen LogP contribution in [-0.4, -0.2) is 49.9 Å². The van der Waals surface area contributed by atoms with Crippen molar-refractivity contribution in [3.05, 3.63) is 64.6 Å². The topological polar surface area (TPSA) is 136 Å². The molecular formula is C21H25N5O5S. The fourth-order valence-electron chi connectivity index (χ4n) is 3.35. The lowest BCUT2D eigenvalue weighted by molar-refractivity contribution is -0.131. The molecule has 0 saturated heterocycles. The Morgan fingerprint density at radius 2 is 1.81 bits per heavy atom. The number of hydroxylamine groups is 1. The molecule has 11 heteroatoms. The van der Waals surface area contributed by atoms with Crippen LogP contribution in [0.25, 0.3) is 16.8 Å². The highest BCUT2D eigenvalue weighted by atomic mass is 32.2. The van der Waals surface area contributed by atoms with Gasteiger partial charge in [-0.15, -0.1) is 0 Å². The number of aryl methyl sites for hydroxylation is 3. The second kappa shape index (κ2) is 8.67. The van der Waals surface area contributed by atoms with Gasteiger partial charge in [0.25, 0.3) is 11.5 Å².